The van der Waals surface area contributed by atoms with Gasteiger partial charge in [-0.3, -0.25) is 4.79 Å². The number of amides is 1. The van der Waals surface area contributed by atoms with Crippen molar-refractivity contribution in [3.63, 3.8) is 0 Å². The molecule has 0 radical (unpaired) electrons. The van der Waals surface area contributed by atoms with Crippen LogP contribution in [0.3, 0.4) is 0 Å². The maximum absolute atomic E-state index is 12.0. The predicted octanol–water partition coefficient (Wildman–Crippen LogP) is 3.24. The minimum atomic E-state index is -0.375. The maximum atomic E-state index is 12.0. The summed E-state index contributed by atoms with van der Waals surface area (Å²) in [5.74, 6) is -0.147. The van der Waals surface area contributed by atoms with Crippen LogP contribution in [-0.4, -0.2) is 24.0 Å². The molecule has 1 N–H and O–H groups in total. The molecule has 1 aromatic rings. The largest absolute Gasteiger partial charge is 0.465 e. The first-order chi connectivity index (χ1) is 10.1. The Morgan fingerprint density at radius 2 is 2.10 bits per heavy atom. The van der Waals surface area contributed by atoms with E-state index in [-0.39, 0.29) is 11.9 Å². The number of carbonyl (C=O) groups excluding carboxylic acids is 2. The molecule has 114 valence electrons. The van der Waals surface area contributed by atoms with Crippen molar-refractivity contribution in [3.8, 4) is 0 Å². The van der Waals surface area contributed by atoms with Gasteiger partial charge >= 0.3 is 5.97 Å². The molecule has 1 aliphatic rings. The van der Waals surface area contributed by atoms with Crippen LogP contribution in [0.15, 0.2) is 11.5 Å². The molecule has 2 rings (SSSR count). The number of anilines is 1. The summed E-state index contributed by atoms with van der Waals surface area (Å²) in [6.07, 6.45) is 7.85. The Morgan fingerprint density at radius 3 is 2.71 bits per heavy atom. The van der Waals surface area contributed by atoms with Gasteiger partial charge in [0.2, 0.25) is 5.91 Å². The highest BCUT2D eigenvalue weighted by Gasteiger charge is 2.20. The zero-order valence-electron chi connectivity index (χ0n) is 12.3. The molecular formula is C15H20N2O3S. The summed E-state index contributed by atoms with van der Waals surface area (Å²) < 4.78 is 4.87. The normalized spacial score (nSPS) is 16.6. The lowest BCUT2D eigenvalue weighted by molar-refractivity contribution is -0.133. The van der Waals surface area contributed by atoms with E-state index in [1.54, 1.807) is 5.38 Å². The first-order valence-electron chi connectivity index (χ1n) is 7.13. The van der Waals surface area contributed by atoms with Gasteiger partial charge in [-0.1, -0.05) is 25.3 Å². The molecule has 0 spiro atoms. The Labute approximate surface area is 128 Å². The molecule has 1 aliphatic carbocycles. The summed E-state index contributed by atoms with van der Waals surface area (Å²) in [6.45, 7) is 1.43. The van der Waals surface area contributed by atoms with E-state index in [4.69, 9.17) is 4.74 Å². The summed E-state index contributed by atoms with van der Waals surface area (Å²) in [5, 5.41) is 4.90. The molecule has 0 bridgehead atoms. The van der Waals surface area contributed by atoms with E-state index in [2.05, 4.69) is 10.3 Å². The summed E-state index contributed by atoms with van der Waals surface area (Å²) in [7, 11) is 1.37. The molecule has 1 saturated carbocycles. The fourth-order valence-electron chi connectivity index (χ4n) is 2.51. The van der Waals surface area contributed by atoms with Crippen LogP contribution in [0.5, 0.6) is 0 Å². The molecule has 21 heavy (non-hydrogen) atoms. The number of nitrogens with one attached hydrogen (secondary N) is 1. The van der Waals surface area contributed by atoms with E-state index in [9.17, 15) is 9.59 Å². The van der Waals surface area contributed by atoms with Crippen molar-refractivity contribution in [2.24, 2.45) is 5.92 Å². The van der Waals surface area contributed by atoms with Crippen molar-refractivity contribution in [1.29, 1.82) is 0 Å². The second kappa shape index (κ2) is 7.36. The third-order valence-corrected chi connectivity index (χ3v) is 4.28. The van der Waals surface area contributed by atoms with Gasteiger partial charge in [0.1, 0.15) is 0 Å². The van der Waals surface area contributed by atoms with Crippen LogP contribution >= 0.6 is 11.3 Å². The highest BCUT2D eigenvalue weighted by molar-refractivity contribution is 7.14. The average molecular weight is 308 g/mol. The van der Waals surface area contributed by atoms with Gasteiger partial charge in [0, 0.05) is 12.3 Å². The van der Waals surface area contributed by atoms with E-state index in [0.717, 1.165) is 12.8 Å². The molecular weight excluding hydrogens is 288 g/mol. The molecule has 1 amide bonds. The highest BCUT2D eigenvalue weighted by atomic mass is 32.1. The highest BCUT2D eigenvalue weighted by Crippen LogP contribution is 2.29. The van der Waals surface area contributed by atoms with Crippen LogP contribution in [0, 0.1) is 5.92 Å². The molecule has 0 aromatic carbocycles. The molecule has 0 unspecified atom stereocenters. The first kappa shape index (κ1) is 15.7. The number of allylic oxidation sites excluding steroid dienone is 1. The number of methoxy groups -OCH3 is 1. The molecule has 0 aliphatic heterocycles. The van der Waals surface area contributed by atoms with Gasteiger partial charge in [-0.25, -0.2) is 9.78 Å². The van der Waals surface area contributed by atoms with Crippen molar-refractivity contribution < 1.29 is 14.3 Å². The fraction of sp³-hybridized carbons (Fsp3) is 0.533. The minimum Gasteiger partial charge on any atom is -0.465 e. The number of ether oxygens (including phenoxy) is 1. The number of esters is 1. The lowest BCUT2D eigenvalue weighted by Gasteiger charge is -2.18. The second-order valence-electron chi connectivity index (χ2n) is 5.19. The number of carbonyl (C=O) groups is 2. The number of thiazole rings is 1. The lowest BCUT2D eigenvalue weighted by atomic mass is 9.87. The van der Waals surface area contributed by atoms with E-state index >= 15 is 0 Å². The van der Waals surface area contributed by atoms with Crippen LogP contribution in [0.1, 0.15) is 44.7 Å². The molecule has 5 nitrogen and oxygen atoms in total. The number of rotatable bonds is 4. The molecule has 1 fully saturated rings. The third kappa shape index (κ3) is 4.39. The smallest absolute Gasteiger partial charge is 0.339 e. The quantitative estimate of drug-likeness (QED) is 0.685. The number of hydrogen-bond acceptors (Lipinski definition) is 5. The van der Waals surface area contributed by atoms with Gasteiger partial charge < -0.3 is 10.1 Å². The first-order valence-corrected chi connectivity index (χ1v) is 8.01. The van der Waals surface area contributed by atoms with Gasteiger partial charge in [-0.05, 0) is 18.8 Å². The van der Waals surface area contributed by atoms with Crippen molar-refractivity contribution in [2.75, 3.05) is 12.4 Å². The Kier molecular flexibility index (Phi) is 5.50. The van der Waals surface area contributed by atoms with E-state index < -0.39 is 0 Å². The summed E-state index contributed by atoms with van der Waals surface area (Å²) in [6, 6.07) is 0. The van der Waals surface area contributed by atoms with Gasteiger partial charge in [0.15, 0.2) is 5.13 Å². The van der Waals surface area contributed by atoms with Crippen LogP contribution in [-0.2, 0) is 14.3 Å². The van der Waals surface area contributed by atoms with Crippen LogP contribution in [0.4, 0.5) is 5.13 Å². The monoisotopic (exact) mass is 308 g/mol. The maximum Gasteiger partial charge on any atom is 0.339 e. The van der Waals surface area contributed by atoms with Crippen molar-refractivity contribution >= 4 is 33.9 Å². The Hall–Kier alpha value is -1.69. The Morgan fingerprint density at radius 1 is 1.38 bits per heavy atom. The predicted molar refractivity (Wildman–Crippen MR) is 83.0 cm³/mol. The Balaban J connectivity index is 2.22. The average Bonchev–Trinajstić information content (AvgIpc) is 2.92. The summed E-state index contributed by atoms with van der Waals surface area (Å²) in [5.41, 5.74) is 1.07. The molecule has 1 aromatic heterocycles. The van der Waals surface area contributed by atoms with Crippen molar-refractivity contribution in [3.05, 3.63) is 17.2 Å². The van der Waals surface area contributed by atoms with Gasteiger partial charge in [0.05, 0.1) is 18.4 Å². The number of aromatic nitrogens is 1. The lowest BCUT2D eigenvalue weighted by Crippen LogP contribution is -2.10. The van der Waals surface area contributed by atoms with Crippen molar-refractivity contribution in [1.82, 2.24) is 4.98 Å². The second-order valence-corrected chi connectivity index (χ2v) is 6.05. The molecule has 1 heterocycles. The minimum absolute atomic E-state index is 0.174. The summed E-state index contributed by atoms with van der Waals surface area (Å²) in [4.78, 5) is 27.4. The zero-order chi connectivity index (χ0) is 15.2. The van der Waals surface area contributed by atoms with Gasteiger partial charge in [-0.15, -0.1) is 11.3 Å². The standard InChI is InChI=1S/C15H20N2O3S/c1-10(18)16-15-17-13(9-21-15)12(14(19)20-2)8-11-6-4-3-5-7-11/h8-9,11H,3-7H2,1-2H3,(H,16,17,18)/b12-8+. The van der Waals surface area contributed by atoms with E-state index in [1.165, 1.54) is 44.6 Å². The SMILES string of the molecule is COC(=O)/C(=C/C1CCCCC1)c1csc(NC(C)=O)n1. The number of nitrogens with zero attached hydrogens (tertiary/aromatic N) is 1. The van der Waals surface area contributed by atoms with E-state index in [1.807, 2.05) is 6.08 Å². The third-order valence-electron chi connectivity index (χ3n) is 3.52. The zero-order valence-corrected chi connectivity index (χ0v) is 13.2. The van der Waals surface area contributed by atoms with Crippen LogP contribution in [0.2, 0.25) is 0 Å². The Bertz CT molecular complexity index is 545. The topological polar surface area (TPSA) is 68.3 Å². The molecule has 0 saturated heterocycles. The van der Waals surface area contributed by atoms with E-state index in [0.29, 0.717) is 22.3 Å². The van der Waals surface area contributed by atoms with Crippen LogP contribution in [0.25, 0.3) is 5.57 Å². The number of hydrogen-bond donors (Lipinski definition) is 1. The molecule has 0 atom stereocenters. The van der Waals surface area contributed by atoms with Crippen molar-refractivity contribution in [2.45, 2.75) is 39.0 Å². The summed E-state index contributed by atoms with van der Waals surface area (Å²) >= 11 is 1.30. The van der Waals surface area contributed by atoms with Gasteiger partial charge in [0.25, 0.3) is 0 Å². The van der Waals surface area contributed by atoms with Gasteiger partial charge in [-0.2, -0.15) is 0 Å². The molecule has 6 heteroatoms. The van der Waals surface area contributed by atoms with Crippen LogP contribution < -0.4 is 5.32 Å². The fourth-order valence-corrected chi connectivity index (χ4v) is 3.27.